The number of halogens is 4. The lowest BCUT2D eigenvalue weighted by Crippen LogP contribution is -2.38. The number of nitrogens with one attached hydrogen (secondary N) is 1. The number of alkyl halides is 3. The Kier molecular flexibility index (Phi) is 7.19. The van der Waals surface area contributed by atoms with E-state index < -0.39 is 34.2 Å². The first-order valence-corrected chi connectivity index (χ1v) is 11.2. The average molecular weight is 499 g/mol. The van der Waals surface area contributed by atoms with Gasteiger partial charge >= 0.3 is 6.18 Å². The van der Waals surface area contributed by atoms with Crippen molar-refractivity contribution in [2.24, 2.45) is 0 Å². The van der Waals surface area contributed by atoms with E-state index in [9.17, 15) is 26.4 Å². The molecule has 1 N–H and O–H groups in total. The molecule has 0 aliphatic rings. The molecule has 11 heteroatoms. The maximum absolute atomic E-state index is 13.3. The molecule has 3 aromatic carbocycles. The van der Waals surface area contributed by atoms with Gasteiger partial charge in [-0.05, 0) is 48.5 Å². The van der Waals surface area contributed by atoms with E-state index in [1.165, 1.54) is 55.6 Å². The van der Waals surface area contributed by atoms with E-state index in [-0.39, 0.29) is 21.3 Å². The maximum Gasteiger partial charge on any atom is 0.416 e. The van der Waals surface area contributed by atoms with Crippen molar-refractivity contribution < 1.29 is 31.1 Å². The Morgan fingerprint density at radius 1 is 1.03 bits per heavy atom. The summed E-state index contributed by atoms with van der Waals surface area (Å²) in [5.74, 6) is -0.549. The van der Waals surface area contributed by atoms with E-state index in [0.717, 1.165) is 22.5 Å². The molecule has 0 saturated heterocycles. The van der Waals surface area contributed by atoms with E-state index in [4.69, 9.17) is 16.3 Å². The van der Waals surface area contributed by atoms with E-state index in [0.29, 0.717) is 5.75 Å². The van der Waals surface area contributed by atoms with Gasteiger partial charge in [-0.15, -0.1) is 0 Å². The van der Waals surface area contributed by atoms with Crippen LogP contribution in [0.2, 0.25) is 5.02 Å². The average Bonchev–Trinajstić information content (AvgIpc) is 2.77. The smallest absolute Gasteiger partial charge is 0.416 e. The van der Waals surface area contributed by atoms with Gasteiger partial charge in [0.25, 0.3) is 10.0 Å². The Hall–Kier alpha value is -3.24. The first-order chi connectivity index (χ1) is 15.5. The minimum atomic E-state index is -4.59. The van der Waals surface area contributed by atoms with Crippen LogP contribution in [0, 0.1) is 0 Å². The van der Waals surface area contributed by atoms with Crippen LogP contribution in [0.25, 0.3) is 0 Å². The Labute approximate surface area is 193 Å². The summed E-state index contributed by atoms with van der Waals surface area (Å²) < 4.78 is 71.4. The Bertz CT molecular complexity index is 1250. The van der Waals surface area contributed by atoms with Crippen molar-refractivity contribution in [1.82, 2.24) is 0 Å². The number of hydrogen-bond donors (Lipinski definition) is 1. The van der Waals surface area contributed by atoms with Crippen LogP contribution in [-0.4, -0.2) is 28.0 Å². The van der Waals surface area contributed by atoms with Crippen LogP contribution in [0.3, 0.4) is 0 Å². The van der Waals surface area contributed by atoms with Crippen LogP contribution < -0.4 is 14.4 Å². The molecule has 0 radical (unpaired) electrons. The third-order valence-electron chi connectivity index (χ3n) is 4.52. The van der Waals surface area contributed by atoms with Crippen LogP contribution in [0.4, 0.5) is 24.5 Å². The van der Waals surface area contributed by atoms with Crippen LogP contribution in [0.5, 0.6) is 5.75 Å². The van der Waals surface area contributed by atoms with Crippen molar-refractivity contribution >= 4 is 38.9 Å². The Morgan fingerprint density at radius 3 is 2.33 bits per heavy atom. The lowest BCUT2D eigenvalue weighted by Gasteiger charge is -2.24. The molecule has 0 unspecified atom stereocenters. The molecule has 0 heterocycles. The molecule has 0 spiro atoms. The standard InChI is InChI=1S/C22H18ClF3N2O4S/c1-32-20-11-10-17(13-19(20)23)28(33(30,31)18-8-3-2-4-9-18)14-21(29)27-16-7-5-6-15(12-16)22(24,25)26/h2-13H,14H2,1H3,(H,27,29). The third kappa shape index (κ3) is 5.77. The first kappa shape index (κ1) is 24.4. The minimum Gasteiger partial charge on any atom is -0.495 e. The van der Waals surface area contributed by atoms with Gasteiger partial charge in [-0.25, -0.2) is 8.42 Å². The molecule has 0 fully saturated rings. The number of rotatable bonds is 7. The van der Waals surface area contributed by atoms with Crippen LogP contribution in [-0.2, 0) is 21.0 Å². The van der Waals surface area contributed by atoms with Crippen molar-refractivity contribution in [3.05, 3.63) is 83.4 Å². The number of ether oxygens (including phenoxy) is 1. The fraction of sp³-hybridized carbons (Fsp3) is 0.136. The lowest BCUT2D eigenvalue weighted by atomic mass is 10.2. The molecule has 33 heavy (non-hydrogen) atoms. The second-order valence-electron chi connectivity index (χ2n) is 6.77. The number of hydrogen-bond acceptors (Lipinski definition) is 4. The molecular formula is C22H18ClF3N2O4S. The molecule has 3 aromatic rings. The predicted octanol–water partition coefficient (Wildman–Crippen LogP) is 5.20. The second-order valence-corrected chi connectivity index (χ2v) is 9.04. The van der Waals surface area contributed by atoms with Crippen molar-refractivity contribution in [3.8, 4) is 5.75 Å². The van der Waals surface area contributed by atoms with Crippen molar-refractivity contribution in [2.45, 2.75) is 11.1 Å². The van der Waals surface area contributed by atoms with Gasteiger partial charge in [-0.3, -0.25) is 9.10 Å². The zero-order valence-electron chi connectivity index (χ0n) is 17.1. The molecule has 0 aliphatic heterocycles. The number of carbonyl (C=O) groups is 1. The van der Waals surface area contributed by atoms with Gasteiger partial charge in [0.1, 0.15) is 12.3 Å². The fourth-order valence-electron chi connectivity index (χ4n) is 2.95. The molecule has 1 amide bonds. The molecule has 0 atom stereocenters. The molecular weight excluding hydrogens is 481 g/mol. The zero-order chi connectivity index (χ0) is 24.2. The van der Waals surface area contributed by atoms with E-state index >= 15 is 0 Å². The van der Waals surface area contributed by atoms with Gasteiger partial charge in [0.15, 0.2) is 0 Å². The summed E-state index contributed by atoms with van der Waals surface area (Å²) in [5, 5.41) is 2.43. The predicted molar refractivity (Wildman–Crippen MR) is 119 cm³/mol. The number of methoxy groups -OCH3 is 1. The lowest BCUT2D eigenvalue weighted by molar-refractivity contribution is -0.137. The van der Waals surface area contributed by atoms with E-state index in [1.54, 1.807) is 6.07 Å². The quantitative estimate of drug-likeness (QED) is 0.486. The number of carbonyl (C=O) groups excluding carboxylic acids is 1. The Morgan fingerprint density at radius 2 is 1.73 bits per heavy atom. The zero-order valence-corrected chi connectivity index (χ0v) is 18.7. The highest BCUT2D eigenvalue weighted by atomic mass is 35.5. The first-order valence-electron chi connectivity index (χ1n) is 9.41. The van der Waals surface area contributed by atoms with Gasteiger partial charge in [-0.1, -0.05) is 35.9 Å². The fourth-order valence-corrected chi connectivity index (χ4v) is 4.64. The molecule has 174 valence electrons. The SMILES string of the molecule is COc1ccc(N(CC(=O)Nc2cccc(C(F)(F)F)c2)S(=O)(=O)c2ccccc2)cc1Cl. The summed E-state index contributed by atoms with van der Waals surface area (Å²) >= 11 is 6.14. The highest BCUT2D eigenvalue weighted by molar-refractivity contribution is 7.92. The number of anilines is 2. The van der Waals surface area contributed by atoms with Gasteiger partial charge < -0.3 is 10.1 Å². The minimum absolute atomic E-state index is 0.0730. The van der Waals surface area contributed by atoms with Gasteiger partial charge in [0.2, 0.25) is 5.91 Å². The number of amides is 1. The van der Waals surface area contributed by atoms with Crippen LogP contribution in [0.1, 0.15) is 5.56 Å². The summed E-state index contributed by atoms with van der Waals surface area (Å²) in [4.78, 5) is 12.6. The molecule has 0 aromatic heterocycles. The largest absolute Gasteiger partial charge is 0.495 e. The molecule has 3 rings (SSSR count). The summed E-state index contributed by atoms with van der Waals surface area (Å²) in [5.41, 5.74) is -1.00. The highest BCUT2D eigenvalue weighted by Gasteiger charge is 2.31. The second kappa shape index (κ2) is 9.72. The van der Waals surface area contributed by atoms with Crippen LogP contribution in [0.15, 0.2) is 77.7 Å². The normalized spacial score (nSPS) is 11.7. The van der Waals surface area contributed by atoms with E-state index in [2.05, 4.69) is 5.32 Å². The topological polar surface area (TPSA) is 75.7 Å². The highest BCUT2D eigenvalue weighted by Crippen LogP contribution is 2.33. The van der Waals surface area contributed by atoms with E-state index in [1.807, 2.05) is 0 Å². The number of benzene rings is 3. The van der Waals surface area contributed by atoms with Crippen molar-refractivity contribution in [2.75, 3.05) is 23.3 Å². The number of sulfonamides is 1. The molecule has 0 saturated carbocycles. The van der Waals surface area contributed by atoms with Gasteiger partial charge in [0, 0.05) is 5.69 Å². The molecule has 0 bridgehead atoms. The van der Waals surface area contributed by atoms with Crippen molar-refractivity contribution in [3.63, 3.8) is 0 Å². The maximum atomic E-state index is 13.3. The summed E-state index contributed by atoms with van der Waals surface area (Å²) in [7, 11) is -2.83. The van der Waals surface area contributed by atoms with Crippen molar-refractivity contribution in [1.29, 1.82) is 0 Å². The number of nitrogens with zero attached hydrogens (tertiary/aromatic N) is 1. The molecule has 6 nitrogen and oxygen atoms in total. The van der Waals surface area contributed by atoms with Gasteiger partial charge in [-0.2, -0.15) is 13.2 Å². The summed E-state index contributed by atoms with van der Waals surface area (Å²) in [6, 6.07) is 15.6. The monoisotopic (exact) mass is 498 g/mol. The summed E-state index contributed by atoms with van der Waals surface area (Å²) in [6.07, 6.45) is -4.59. The Balaban J connectivity index is 1.95. The molecule has 0 aliphatic carbocycles. The van der Waals surface area contributed by atoms with Crippen LogP contribution >= 0.6 is 11.6 Å². The van der Waals surface area contributed by atoms with Gasteiger partial charge in [0.05, 0.1) is 28.3 Å². The summed E-state index contributed by atoms with van der Waals surface area (Å²) in [6.45, 7) is -0.712. The third-order valence-corrected chi connectivity index (χ3v) is 6.60.